The van der Waals surface area contributed by atoms with Crippen LogP contribution in [0, 0.1) is 5.41 Å². The summed E-state index contributed by atoms with van der Waals surface area (Å²) in [5.74, 6) is 0. The van der Waals surface area contributed by atoms with Crippen LogP contribution in [0.4, 0.5) is 0 Å². The molecule has 0 aromatic rings. The van der Waals surface area contributed by atoms with Crippen molar-refractivity contribution in [3.05, 3.63) is 0 Å². The molecule has 1 nitrogen and oxygen atoms in total. The van der Waals surface area contributed by atoms with Gasteiger partial charge in [0.2, 0.25) is 5.24 Å². The van der Waals surface area contributed by atoms with E-state index in [1.165, 1.54) is 0 Å². The van der Waals surface area contributed by atoms with Crippen molar-refractivity contribution in [3.63, 3.8) is 0 Å². The van der Waals surface area contributed by atoms with Crippen LogP contribution in [0.5, 0.6) is 0 Å². The monoisotopic (exact) mass is 196 g/mol. The Kier molecular flexibility index (Phi) is 4.42. The van der Waals surface area contributed by atoms with Gasteiger partial charge in [-0.15, -0.1) is 11.6 Å². The van der Waals surface area contributed by atoms with Gasteiger partial charge in [-0.25, -0.2) is 0 Å². The number of hydrogen-bond acceptors (Lipinski definition) is 1. The highest BCUT2D eigenvalue weighted by molar-refractivity contribution is 6.63. The fourth-order valence-corrected chi connectivity index (χ4v) is 0.891. The lowest BCUT2D eigenvalue weighted by atomic mass is 9.89. The molecule has 66 valence electrons. The van der Waals surface area contributed by atoms with Crippen LogP contribution in [0.1, 0.15) is 33.6 Å². The summed E-state index contributed by atoms with van der Waals surface area (Å²) in [6.45, 7) is 6.14. The summed E-state index contributed by atoms with van der Waals surface area (Å²) >= 11 is 11.2. The van der Waals surface area contributed by atoms with Crippen molar-refractivity contribution in [1.82, 2.24) is 0 Å². The zero-order chi connectivity index (χ0) is 9.07. The highest BCUT2D eigenvalue weighted by atomic mass is 35.5. The zero-order valence-electron chi connectivity index (χ0n) is 7.16. The van der Waals surface area contributed by atoms with Crippen molar-refractivity contribution in [1.29, 1.82) is 0 Å². The molecule has 0 aliphatic rings. The summed E-state index contributed by atoms with van der Waals surface area (Å²) < 4.78 is 0. The molecule has 11 heavy (non-hydrogen) atoms. The summed E-state index contributed by atoms with van der Waals surface area (Å²) in [5, 5.41) is -0.287. The fourth-order valence-electron chi connectivity index (χ4n) is 0.673. The molecule has 0 aliphatic carbocycles. The van der Waals surface area contributed by atoms with Gasteiger partial charge < -0.3 is 0 Å². The normalized spacial score (nSPS) is 14.6. The van der Waals surface area contributed by atoms with Gasteiger partial charge in [-0.2, -0.15) is 0 Å². The van der Waals surface area contributed by atoms with Crippen molar-refractivity contribution >= 4 is 28.4 Å². The molecule has 0 saturated heterocycles. The molecule has 1 atom stereocenters. The Morgan fingerprint density at radius 1 is 1.45 bits per heavy atom. The molecule has 0 fully saturated rings. The van der Waals surface area contributed by atoms with Crippen LogP contribution in [-0.4, -0.2) is 10.6 Å². The molecule has 0 aromatic carbocycles. The first-order valence-corrected chi connectivity index (χ1v) is 4.48. The number of carbonyl (C=O) groups is 1. The molecular formula is C8H14Cl2O. The maximum Gasteiger partial charge on any atom is 0.221 e. The average Bonchev–Trinajstić information content (AvgIpc) is 1.80. The fraction of sp³-hybridized carbons (Fsp3) is 0.875. The standard InChI is InChI=1S/C8H14Cl2O/c1-8(2,3)6(9)4-5-7(10)11/h6H,4-5H2,1-3H3/t6-/m1/s1. The predicted molar refractivity (Wildman–Crippen MR) is 49.2 cm³/mol. The molecular weight excluding hydrogens is 183 g/mol. The van der Waals surface area contributed by atoms with Crippen LogP contribution in [0.3, 0.4) is 0 Å². The lowest BCUT2D eigenvalue weighted by Crippen LogP contribution is -2.20. The van der Waals surface area contributed by atoms with Gasteiger partial charge in [0.15, 0.2) is 0 Å². The number of carbonyl (C=O) groups excluding carboxylic acids is 1. The van der Waals surface area contributed by atoms with E-state index in [1.54, 1.807) is 0 Å². The Morgan fingerprint density at radius 3 is 2.18 bits per heavy atom. The van der Waals surface area contributed by atoms with Crippen LogP contribution in [0.2, 0.25) is 0 Å². The minimum absolute atomic E-state index is 0.0187. The lowest BCUT2D eigenvalue weighted by molar-refractivity contribution is -0.111. The van der Waals surface area contributed by atoms with Crippen molar-refractivity contribution in [2.75, 3.05) is 0 Å². The third-order valence-electron chi connectivity index (χ3n) is 1.53. The van der Waals surface area contributed by atoms with E-state index < -0.39 is 0 Å². The average molecular weight is 197 g/mol. The zero-order valence-corrected chi connectivity index (χ0v) is 8.67. The highest BCUT2D eigenvalue weighted by Gasteiger charge is 2.22. The first-order chi connectivity index (χ1) is 4.84. The molecule has 3 heteroatoms. The van der Waals surface area contributed by atoms with E-state index in [0.29, 0.717) is 12.8 Å². The predicted octanol–water partition coefficient (Wildman–Crippen LogP) is 3.19. The van der Waals surface area contributed by atoms with Crippen LogP contribution >= 0.6 is 23.2 Å². The molecule has 0 saturated carbocycles. The van der Waals surface area contributed by atoms with Gasteiger partial charge >= 0.3 is 0 Å². The first-order valence-electron chi connectivity index (χ1n) is 3.66. The molecule has 0 heterocycles. The van der Waals surface area contributed by atoms with E-state index in [4.69, 9.17) is 23.2 Å². The molecule has 0 spiro atoms. The Balaban J connectivity index is 3.70. The summed E-state index contributed by atoms with van der Waals surface area (Å²) in [4.78, 5) is 10.4. The lowest BCUT2D eigenvalue weighted by Gasteiger charge is -2.24. The SMILES string of the molecule is CC(C)(C)[C@H](Cl)CCC(=O)Cl. The Labute approximate surface area is 78.1 Å². The van der Waals surface area contributed by atoms with Crippen LogP contribution in [-0.2, 0) is 4.79 Å². The molecule has 0 amide bonds. The largest absolute Gasteiger partial charge is 0.281 e. The van der Waals surface area contributed by atoms with Gasteiger partial charge in [0.1, 0.15) is 0 Å². The number of rotatable bonds is 3. The second-order valence-corrected chi connectivity index (χ2v) is 4.68. The Hall–Kier alpha value is 0.250. The van der Waals surface area contributed by atoms with Gasteiger partial charge in [-0.3, -0.25) is 4.79 Å². The van der Waals surface area contributed by atoms with Crippen molar-refractivity contribution < 1.29 is 4.79 Å². The van der Waals surface area contributed by atoms with E-state index in [0.717, 1.165) is 0 Å². The van der Waals surface area contributed by atoms with E-state index in [9.17, 15) is 4.79 Å². The van der Waals surface area contributed by atoms with Crippen LogP contribution in [0.25, 0.3) is 0 Å². The summed E-state index contributed by atoms with van der Waals surface area (Å²) in [7, 11) is 0. The van der Waals surface area contributed by atoms with Gasteiger partial charge in [0.05, 0.1) is 0 Å². The molecule has 0 aliphatic heterocycles. The number of hydrogen-bond donors (Lipinski definition) is 0. The number of halogens is 2. The maximum atomic E-state index is 10.4. The molecule has 0 unspecified atom stereocenters. The van der Waals surface area contributed by atoms with Gasteiger partial charge in [-0.05, 0) is 23.4 Å². The van der Waals surface area contributed by atoms with Gasteiger partial charge in [0.25, 0.3) is 0 Å². The first kappa shape index (κ1) is 11.2. The number of alkyl halides is 1. The van der Waals surface area contributed by atoms with E-state index in [-0.39, 0.29) is 16.0 Å². The van der Waals surface area contributed by atoms with Crippen LogP contribution < -0.4 is 0 Å². The highest BCUT2D eigenvalue weighted by Crippen LogP contribution is 2.27. The summed E-state index contributed by atoms with van der Waals surface area (Å²) in [6, 6.07) is 0. The Morgan fingerprint density at radius 2 is 1.91 bits per heavy atom. The molecule has 0 bridgehead atoms. The van der Waals surface area contributed by atoms with E-state index in [1.807, 2.05) is 20.8 Å². The second kappa shape index (κ2) is 4.32. The topological polar surface area (TPSA) is 17.1 Å². The molecule has 0 N–H and O–H groups in total. The molecule has 0 rings (SSSR count). The van der Waals surface area contributed by atoms with Crippen molar-refractivity contribution in [2.45, 2.75) is 39.0 Å². The molecule has 0 radical (unpaired) electrons. The Bertz CT molecular complexity index is 138. The van der Waals surface area contributed by atoms with Gasteiger partial charge in [-0.1, -0.05) is 20.8 Å². The molecule has 0 aromatic heterocycles. The van der Waals surface area contributed by atoms with Crippen LogP contribution in [0.15, 0.2) is 0 Å². The summed E-state index contributed by atoms with van der Waals surface area (Å²) in [5.41, 5.74) is 0.0495. The van der Waals surface area contributed by atoms with Crippen molar-refractivity contribution in [2.24, 2.45) is 5.41 Å². The second-order valence-electron chi connectivity index (χ2n) is 3.73. The van der Waals surface area contributed by atoms with Gasteiger partial charge in [0, 0.05) is 11.8 Å². The van der Waals surface area contributed by atoms with Crippen molar-refractivity contribution in [3.8, 4) is 0 Å². The quantitative estimate of drug-likeness (QED) is 0.501. The third-order valence-corrected chi connectivity index (χ3v) is 2.60. The maximum absolute atomic E-state index is 10.4. The summed E-state index contributed by atoms with van der Waals surface area (Å²) in [6.07, 6.45) is 1.03. The van der Waals surface area contributed by atoms with E-state index in [2.05, 4.69) is 0 Å². The van der Waals surface area contributed by atoms with E-state index >= 15 is 0 Å². The minimum atomic E-state index is -0.306. The minimum Gasteiger partial charge on any atom is -0.281 e. The smallest absolute Gasteiger partial charge is 0.221 e. The third kappa shape index (κ3) is 5.51.